The Kier molecular flexibility index (Phi) is 5.10. The maximum Gasteiger partial charge on any atom is 0.428 e. The second-order valence-electron chi connectivity index (χ2n) is 6.12. The zero-order valence-electron chi connectivity index (χ0n) is 13.4. The summed E-state index contributed by atoms with van der Waals surface area (Å²) in [6.07, 6.45) is -1.02. The second kappa shape index (κ2) is 6.81. The molecule has 0 atom stereocenters. The van der Waals surface area contributed by atoms with E-state index < -0.39 is 39.2 Å². The first-order valence-electron chi connectivity index (χ1n) is 7.70. The van der Waals surface area contributed by atoms with Gasteiger partial charge in [0.25, 0.3) is 5.79 Å². The molecule has 3 rings (SSSR count). The molecule has 1 aliphatic carbocycles. The summed E-state index contributed by atoms with van der Waals surface area (Å²) in [5.74, 6) is -3.99. The van der Waals surface area contributed by atoms with Crippen LogP contribution in [0.2, 0.25) is 0 Å². The molecular weight excluding hydrogens is 505 g/mol. The number of benzene rings is 1. The molecule has 1 aromatic rings. The lowest BCUT2D eigenvalue weighted by molar-refractivity contribution is -0.196. The van der Waals surface area contributed by atoms with E-state index in [2.05, 4.69) is 4.74 Å². The van der Waals surface area contributed by atoms with Crippen molar-refractivity contribution in [3.63, 3.8) is 0 Å². The van der Waals surface area contributed by atoms with Crippen molar-refractivity contribution in [2.45, 2.75) is 42.8 Å². The zero-order valence-corrected chi connectivity index (χ0v) is 16.4. The van der Waals surface area contributed by atoms with E-state index in [0.717, 1.165) is 3.57 Å². The number of halogens is 3. The molecule has 1 spiro atoms. The Morgan fingerprint density at radius 2 is 1.93 bits per heavy atom. The van der Waals surface area contributed by atoms with Crippen LogP contribution in [0.15, 0.2) is 18.2 Å². The molecule has 1 fully saturated rings. The summed E-state index contributed by atoms with van der Waals surface area (Å²) in [6.45, 7) is 0. The summed E-state index contributed by atoms with van der Waals surface area (Å²) in [4.78, 5) is 23.5. The van der Waals surface area contributed by atoms with E-state index in [1.165, 1.54) is 0 Å². The van der Waals surface area contributed by atoms with E-state index in [4.69, 9.17) is 9.47 Å². The number of hydrogen-bond donors (Lipinski definition) is 0. The van der Waals surface area contributed by atoms with Gasteiger partial charge in [0.1, 0.15) is 17.4 Å². The third-order valence-electron chi connectivity index (χ3n) is 4.26. The number of alkyl halides is 2. The minimum Gasteiger partial charge on any atom is -0.743 e. The van der Waals surface area contributed by atoms with Crippen molar-refractivity contribution in [2.24, 2.45) is 0 Å². The fraction of sp³-hybridized carbons (Fsp3) is 0.467. The molecule has 12 heteroatoms. The molecule has 0 N–H and O–H groups in total. The summed E-state index contributed by atoms with van der Waals surface area (Å²) in [5.41, 5.74) is 0.265. The molecule has 0 saturated heterocycles. The highest BCUT2D eigenvalue weighted by molar-refractivity contribution is 14.1. The van der Waals surface area contributed by atoms with Crippen LogP contribution < -0.4 is 4.74 Å². The van der Waals surface area contributed by atoms with Gasteiger partial charge in [0.05, 0.1) is 0 Å². The predicted octanol–water partition coefficient (Wildman–Crippen LogP) is 2.16. The Morgan fingerprint density at radius 1 is 1.30 bits per heavy atom. The topological polar surface area (TPSA) is 119 Å². The molecule has 0 aromatic heterocycles. The van der Waals surface area contributed by atoms with Gasteiger partial charge in [-0.1, -0.05) is 0 Å². The number of fused-ring (bicyclic) bond motifs is 1. The van der Waals surface area contributed by atoms with Gasteiger partial charge in [-0.3, -0.25) is 0 Å². The Labute approximate surface area is 166 Å². The highest BCUT2D eigenvalue weighted by atomic mass is 127. The maximum absolute atomic E-state index is 13.2. The van der Waals surface area contributed by atoms with E-state index >= 15 is 0 Å². The van der Waals surface area contributed by atoms with Crippen molar-refractivity contribution in [1.29, 1.82) is 0 Å². The van der Waals surface area contributed by atoms with Crippen LogP contribution in [-0.2, 0) is 24.4 Å². The van der Waals surface area contributed by atoms with Gasteiger partial charge >= 0.3 is 17.2 Å². The number of carbonyl (C=O) groups excluding carboxylic acids is 2. The minimum atomic E-state index is -6.18. The third kappa shape index (κ3) is 3.87. The quantitative estimate of drug-likeness (QED) is 0.340. The average Bonchev–Trinajstić information content (AvgIpc) is 2.57. The SMILES string of the molecule is O=C1OC2(CCC(OC(=O)C(F)(F)S(=O)(=O)[O-])CC2)Oc2ccc(I)cc21. The molecule has 0 radical (unpaired) electrons. The van der Waals surface area contributed by atoms with Crippen LogP contribution in [0.5, 0.6) is 5.75 Å². The van der Waals surface area contributed by atoms with Gasteiger partial charge in [0.15, 0.2) is 10.1 Å². The predicted molar refractivity (Wildman–Crippen MR) is 90.9 cm³/mol. The van der Waals surface area contributed by atoms with Gasteiger partial charge in [-0.25, -0.2) is 18.0 Å². The molecule has 27 heavy (non-hydrogen) atoms. The zero-order chi connectivity index (χ0) is 20.0. The molecule has 0 bridgehead atoms. The van der Waals surface area contributed by atoms with Gasteiger partial charge in [-0.05, 0) is 53.6 Å². The van der Waals surface area contributed by atoms with Gasteiger partial charge in [-0.15, -0.1) is 0 Å². The molecule has 1 saturated carbocycles. The summed E-state index contributed by atoms with van der Waals surface area (Å²) >= 11 is 2.03. The summed E-state index contributed by atoms with van der Waals surface area (Å²) < 4.78 is 74.3. The monoisotopic (exact) mass is 517 g/mol. The number of ether oxygens (including phenoxy) is 3. The highest BCUT2D eigenvalue weighted by Crippen LogP contribution is 2.41. The Bertz CT molecular complexity index is 893. The van der Waals surface area contributed by atoms with Gasteiger partial charge in [0, 0.05) is 16.4 Å². The van der Waals surface area contributed by atoms with Crippen LogP contribution in [0.4, 0.5) is 8.78 Å². The van der Waals surface area contributed by atoms with Crippen LogP contribution in [0.1, 0.15) is 36.0 Å². The summed E-state index contributed by atoms with van der Waals surface area (Å²) in [6, 6.07) is 4.96. The van der Waals surface area contributed by atoms with Crippen LogP contribution in [-0.4, -0.2) is 42.1 Å². The van der Waals surface area contributed by atoms with Crippen molar-refractivity contribution >= 4 is 44.6 Å². The molecule has 1 heterocycles. The van der Waals surface area contributed by atoms with Gasteiger partial charge in [0.2, 0.25) is 0 Å². The number of carbonyl (C=O) groups is 2. The lowest BCUT2D eigenvalue weighted by Crippen LogP contribution is -2.49. The third-order valence-corrected chi connectivity index (χ3v) is 5.72. The Balaban J connectivity index is 1.67. The number of rotatable bonds is 3. The molecule has 2 aliphatic rings. The van der Waals surface area contributed by atoms with Crippen LogP contribution in [0.25, 0.3) is 0 Å². The largest absolute Gasteiger partial charge is 0.743 e. The van der Waals surface area contributed by atoms with E-state index in [-0.39, 0.29) is 31.2 Å². The maximum atomic E-state index is 13.2. The fourth-order valence-electron chi connectivity index (χ4n) is 2.87. The molecule has 0 amide bonds. The summed E-state index contributed by atoms with van der Waals surface area (Å²) in [5, 5.41) is -5.16. The van der Waals surface area contributed by atoms with Crippen molar-refractivity contribution < 1.29 is 45.6 Å². The average molecular weight is 517 g/mol. The van der Waals surface area contributed by atoms with Crippen LogP contribution >= 0.6 is 22.6 Å². The smallest absolute Gasteiger partial charge is 0.428 e. The summed E-state index contributed by atoms with van der Waals surface area (Å²) in [7, 11) is -6.18. The Morgan fingerprint density at radius 3 is 2.52 bits per heavy atom. The highest BCUT2D eigenvalue weighted by Gasteiger charge is 2.51. The van der Waals surface area contributed by atoms with Gasteiger partial charge < -0.3 is 18.8 Å². The Hall–Kier alpha value is -1.54. The molecule has 1 aliphatic heterocycles. The molecular formula is C15H12F2IO8S-. The number of esters is 2. The van der Waals surface area contributed by atoms with E-state index in [1.54, 1.807) is 18.2 Å². The first-order valence-corrected chi connectivity index (χ1v) is 10.2. The minimum absolute atomic E-state index is 0.0201. The van der Waals surface area contributed by atoms with Crippen molar-refractivity contribution in [1.82, 2.24) is 0 Å². The number of hydrogen-bond acceptors (Lipinski definition) is 8. The standard InChI is InChI=1S/C15H13F2IO8S/c16-15(17,27(21,22)23)13(20)24-9-3-5-14(6-4-9)25-11-2-1-8(18)7-10(11)12(19)26-14/h1-2,7,9H,3-6H2,(H,21,22,23)/p-1. The van der Waals surface area contributed by atoms with E-state index in [9.17, 15) is 31.3 Å². The molecule has 8 nitrogen and oxygen atoms in total. The van der Waals surface area contributed by atoms with Crippen LogP contribution in [0, 0.1) is 3.57 Å². The van der Waals surface area contributed by atoms with Crippen molar-refractivity contribution in [3.05, 3.63) is 27.3 Å². The van der Waals surface area contributed by atoms with E-state index in [0.29, 0.717) is 5.75 Å². The normalized spacial score (nSPS) is 25.3. The molecule has 148 valence electrons. The van der Waals surface area contributed by atoms with Crippen molar-refractivity contribution in [3.8, 4) is 5.75 Å². The second-order valence-corrected chi connectivity index (χ2v) is 8.78. The molecule has 0 unspecified atom stereocenters. The lowest BCUT2D eigenvalue weighted by atomic mass is 9.90. The van der Waals surface area contributed by atoms with Gasteiger partial charge in [-0.2, -0.15) is 8.78 Å². The first-order chi connectivity index (χ1) is 12.4. The molecule has 1 aromatic carbocycles. The fourth-order valence-corrected chi connectivity index (χ4v) is 3.61. The lowest BCUT2D eigenvalue weighted by Gasteiger charge is -2.41. The first kappa shape index (κ1) is 20.2. The van der Waals surface area contributed by atoms with E-state index in [1.807, 2.05) is 22.6 Å². The van der Waals surface area contributed by atoms with Crippen LogP contribution in [0.3, 0.4) is 0 Å². The van der Waals surface area contributed by atoms with Crippen molar-refractivity contribution in [2.75, 3.05) is 0 Å².